The van der Waals surface area contributed by atoms with Gasteiger partial charge in [-0.05, 0) is 53.8 Å². The molecule has 2 aromatic carbocycles. The molecule has 148 valence electrons. The summed E-state index contributed by atoms with van der Waals surface area (Å²) in [6.07, 6.45) is 0.591. The fourth-order valence-electron chi connectivity index (χ4n) is 3.14. The summed E-state index contributed by atoms with van der Waals surface area (Å²) in [6.45, 7) is 6.46. The van der Waals surface area contributed by atoms with Crippen LogP contribution in [-0.2, 0) is 15.0 Å². The van der Waals surface area contributed by atoms with E-state index in [1.54, 1.807) is 0 Å². The third-order valence-electron chi connectivity index (χ3n) is 5.13. The standard InChI is InChI=1S/C23H29N3O2/c1-23(2,3)15-6-8-16(9-7-15)24-21(27)19-14-20(19)22(28)25-17-10-12-18(13-11-17)26(4)5/h6-13,19-20H,14H2,1-5H3,(H,24,27)(H,25,28). The Balaban J connectivity index is 1.52. The van der Waals surface area contributed by atoms with E-state index in [0.717, 1.165) is 17.1 Å². The lowest BCUT2D eigenvalue weighted by atomic mass is 9.87. The van der Waals surface area contributed by atoms with Crippen molar-refractivity contribution in [1.82, 2.24) is 0 Å². The number of nitrogens with zero attached hydrogens (tertiary/aromatic N) is 1. The van der Waals surface area contributed by atoms with Crippen molar-refractivity contribution in [3.8, 4) is 0 Å². The van der Waals surface area contributed by atoms with E-state index < -0.39 is 0 Å². The maximum atomic E-state index is 12.4. The highest BCUT2D eigenvalue weighted by atomic mass is 16.2. The molecule has 0 heterocycles. The zero-order valence-electron chi connectivity index (χ0n) is 17.2. The van der Waals surface area contributed by atoms with Gasteiger partial charge in [-0.1, -0.05) is 32.9 Å². The number of benzene rings is 2. The highest BCUT2D eigenvalue weighted by molar-refractivity contribution is 6.03. The Hall–Kier alpha value is -2.82. The number of carbonyl (C=O) groups excluding carboxylic acids is 2. The summed E-state index contributed by atoms with van der Waals surface area (Å²) in [5, 5.41) is 5.83. The molecule has 0 spiro atoms. The lowest BCUT2D eigenvalue weighted by Gasteiger charge is -2.19. The number of hydrogen-bond donors (Lipinski definition) is 2. The second kappa shape index (κ2) is 7.66. The average molecular weight is 380 g/mol. The molecule has 5 heteroatoms. The van der Waals surface area contributed by atoms with E-state index in [0.29, 0.717) is 6.42 Å². The molecule has 0 bridgehead atoms. The first kappa shape index (κ1) is 19.9. The molecule has 0 aromatic heterocycles. The Bertz CT molecular complexity index is 849. The SMILES string of the molecule is CN(C)c1ccc(NC(=O)C2CC2C(=O)Nc2ccc(C(C)(C)C)cc2)cc1. The molecular weight excluding hydrogens is 350 g/mol. The van der Waals surface area contributed by atoms with Gasteiger partial charge in [-0.25, -0.2) is 0 Å². The van der Waals surface area contributed by atoms with Gasteiger partial charge in [0.1, 0.15) is 0 Å². The molecule has 0 aliphatic heterocycles. The highest BCUT2D eigenvalue weighted by Gasteiger charge is 2.48. The minimum Gasteiger partial charge on any atom is -0.378 e. The predicted octanol–water partition coefficient (Wildman–Crippen LogP) is 4.26. The van der Waals surface area contributed by atoms with Gasteiger partial charge in [0.15, 0.2) is 0 Å². The first-order valence-corrected chi connectivity index (χ1v) is 9.65. The Morgan fingerprint density at radius 1 is 0.821 bits per heavy atom. The topological polar surface area (TPSA) is 61.4 Å². The fraction of sp³-hybridized carbons (Fsp3) is 0.391. The van der Waals surface area contributed by atoms with E-state index in [1.807, 2.05) is 67.5 Å². The second-order valence-corrected chi connectivity index (χ2v) is 8.70. The first-order valence-electron chi connectivity index (χ1n) is 9.65. The molecule has 2 atom stereocenters. The summed E-state index contributed by atoms with van der Waals surface area (Å²) in [6, 6.07) is 15.6. The number of nitrogens with one attached hydrogen (secondary N) is 2. The molecule has 28 heavy (non-hydrogen) atoms. The van der Waals surface area contributed by atoms with E-state index in [2.05, 4.69) is 31.4 Å². The minimum atomic E-state index is -0.262. The van der Waals surface area contributed by atoms with Crippen LogP contribution in [0.5, 0.6) is 0 Å². The molecule has 2 unspecified atom stereocenters. The minimum absolute atomic E-state index is 0.0764. The van der Waals surface area contributed by atoms with Crippen LogP contribution in [0.4, 0.5) is 17.1 Å². The van der Waals surface area contributed by atoms with Crippen molar-refractivity contribution in [2.75, 3.05) is 29.6 Å². The molecule has 2 amide bonds. The third kappa shape index (κ3) is 4.71. The second-order valence-electron chi connectivity index (χ2n) is 8.70. The lowest BCUT2D eigenvalue weighted by molar-refractivity contribution is -0.122. The van der Waals surface area contributed by atoms with Crippen molar-refractivity contribution in [3.05, 3.63) is 54.1 Å². The van der Waals surface area contributed by atoms with Crippen molar-refractivity contribution in [2.24, 2.45) is 11.8 Å². The van der Waals surface area contributed by atoms with Gasteiger partial charge in [-0.3, -0.25) is 9.59 Å². The molecule has 1 fully saturated rings. The summed E-state index contributed by atoms with van der Waals surface area (Å²) in [7, 11) is 3.94. The summed E-state index contributed by atoms with van der Waals surface area (Å²) in [5.41, 5.74) is 3.88. The van der Waals surface area contributed by atoms with Crippen molar-refractivity contribution in [2.45, 2.75) is 32.6 Å². The largest absolute Gasteiger partial charge is 0.378 e. The Morgan fingerprint density at radius 2 is 1.25 bits per heavy atom. The monoisotopic (exact) mass is 379 g/mol. The Labute approximate surface area is 167 Å². The molecule has 3 rings (SSSR count). The maximum absolute atomic E-state index is 12.4. The van der Waals surface area contributed by atoms with Crippen LogP contribution >= 0.6 is 0 Å². The van der Waals surface area contributed by atoms with E-state index in [-0.39, 0.29) is 29.1 Å². The number of hydrogen-bond acceptors (Lipinski definition) is 3. The zero-order chi connectivity index (χ0) is 20.5. The fourth-order valence-corrected chi connectivity index (χ4v) is 3.14. The summed E-state index contributed by atoms with van der Waals surface area (Å²) >= 11 is 0. The van der Waals surface area contributed by atoms with Crippen LogP contribution in [0.25, 0.3) is 0 Å². The van der Waals surface area contributed by atoms with Crippen molar-refractivity contribution >= 4 is 28.9 Å². The molecule has 1 aliphatic carbocycles. The summed E-state index contributed by atoms with van der Waals surface area (Å²) in [4.78, 5) is 26.9. The number of rotatable bonds is 5. The smallest absolute Gasteiger partial charge is 0.228 e. The van der Waals surface area contributed by atoms with E-state index >= 15 is 0 Å². The van der Waals surface area contributed by atoms with Gasteiger partial charge in [0, 0.05) is 31.2 Å². The van der Waals surface area contributed by atoms with Gasteiger partial charge in [-0.2, -0.15) is 0 Å². The van der Waals surface area contributed by atoms with Crippen LogP contribution in [-0.4, -0.2) is 25.9 Å². The number of amides is 2. The molecule has 0 radical (unpaired) electrons. The van der Waals surface area contributed by atoms with Crippen LogP contribution in [0.1, 0.15) is 32.8 Å². The molecule has 1 aliphatic rings. The van der Waals surface area contributed by atoms with Crippen LogP contribution < -0.4 is 15.5 Å². The van der Waals surface area contributed by atoms with Gasteiger partial charge in [0.2, 0.25) is 11.8 Å². The summed E-state index contributed by atoms with van der Waals surface area (Å²) < 4.78 is 0. The average Bonchev–Trinajstić information content (AvgIpc) is 3.43. The summed E-state index contributed by atoms with van der Waals surface area (Å²) in [5.74, 6) is -0.710. The van der Waals surface area contributed by atoms with Crippen molar-refractivity contribution in [3.63, 3.8) is 0 Å². The Morgan fingerprint density at radius 3 is 1.64 bits per heavy atom. The Kier molecular flexibility index (Phi) is 5.45. The van der Waals surface area contributed by atoms with E-state index in [4.69, 9.17) is 0 Å². The van der Waals surface area contributed by atoms with Crippen molar-refractivity contribution < 1.29 is 9.59 Å². The van der Waals surface area contributed by atoms with Gasteiger partial charge in [0.25, 0.3) is 0 Å². The molecule has 2 aromatic rings. The molecule has 1 saturated carbocycles. The number of anilines is 3. The van der Waals surface area contributed by atoms with E-state index in [9.17, 15) is 9.59 Å². The van der Waals surface area contributed by atoms with Crippen LogP contribution in [0.2, 0.25) is 0 Å². The quantitative estimate of drug-likeness (QED) is 0.816. The third-order valence-corrected chi connectivity index (χ3v) is 5.13. The highest BCUT2D eigenvalue weighted by Crippen LogP contribution is 2.40. The normalized spacial score (nSPS) is 18.3. The predicted molar refractivity (Wildman–Crippen MR) is 115 cm³/mol. The van der Waals surface area contributed by atoms with Gasteiger partial charge in [-0.15, -0.1) is 0 Å². The molecule has 5 nitrogen and oxygen atoms in total. The molecule has 2 N–H and O–H groups in total. The lowest BCUT2D eigenvalue weighted by Crippen LogP contribution is -2.20. The maximum Gasteiger partial charge on any atom is 0.228 e. The molecule has 0 saturated heterocycles. The van der Waals surface area contributed by atoms with Crippen molar-refractivity contribution in [1.29, 1.82) is 0 Å². The van der Waals surface area contributed by atoms with E-state index in [1.165, 1.54) is 5.56 Å². The van der Waals surface area contributed by atoms with Crippen LogP contribution in [0.3, 0.4) is 0 Å². The van der Waals surface area contributed by atoms with Gasteiger partial charge >= 0.3 is 0 Å². The first-order chi connectivity index (χ1) is 13.1. The van der Waals surface area contributed by atoms with Gasteiger partial charge in [0.05, 0.1) is 11.8 Å². The van der Waals surface area contributed by atoms with Crippen LogP contribution in [0, 0.1) is 11.8 Å². The van der Waals surface area contributed by atoms with Gasteiger partial charge < -0.3 is 15.5 Å². The van der Waals surface area contributed by atoms with Crippen LogP contribution in [0.15, 0.2) is 48.5 Å². The zero-order valence-corrected chi connectivity index (χ0v) is 17.2. The molecular formula is C23H29N3O2. The number of carbonyl (C=O) groups is 2.